The van der Waals surface area contributed by atoms with Crippen LogP contribution in [0.5, 0.6) is 5.75 Å². The van der Waals surface area contributed by atoms with Gasteiger partial charge >= 0.3 is 5.97 Å². The summed E-state index contributed by atoms with van der Waals surface area (Å²) in [6.45, 7) is 0.911. The molecular formula is C16H15NO4S. The van der Waals surface area contributed by atoms with E-state index in [4.69, 9.17) is 9.84 Å². The summed E-state index contributed by atoms with van der Waals surface area (Å²) in [4.78, 5) is 26.2. The number of carbonyl (C=O) groups excluding carboxylic acids is 1. The summed E-state index contributed by atoms with van der Waals surface area (Å²) in [7, 11) is 0. The molecule has 1 N–H and O–H groups in total. The molecule has 0 atom stereocenters. The molecule has 1 aromatic heterocycles. The largest absolute Gasteiger partial charge is 0.482 e. The highest BCUT2D eigenvalue weighted by Crippen LogP contribution is 2.25. The van der Waals surface area contributed by atoms with Crippen molar-refractivity contribution in [1.82, 2.24) is 4.90 Å². The van der Waals surface area contributed by atoms with E-state index in [1.165, 1.54) is 10.4 Å². The van der Waals surface area contributed by atoms with Crippen LogP contribution in [0.15, 0.2) is 35.7 Å². The third kappa shape index (κ3) is 3.12. The molecule has 6 heteroatoms. The van der Waals surface area contributed by atoms with Crippen LogP contribution in [0.2, 0.25) is 0 Å². The number of carboxylic acid groups (broad SMARTS) is 1. The van der Waals surface area contributed by atoms with E-state index in [1.54, 1.807) is 35.6 Å². The van der Waals surface area contributed by atoms with Crippen molar-refractivity contribution in [3.8, 4) is 5.75 Å². The first-order chi connectivity index (χ1) is 10.6. The molecular weight excluding hydrogens is 302 g/mol. The van der Waals surface area contributed by atoms with Gasteiger partial charge in [-0.05, 0) is 41.6 Å². The lowest BCUT2D eigenvalue weighted by Gasteiger charge is -2.27. The average Bonchev–Trinajstić information content (AvgIpc) is 3.00. The topological polar surface area (TPSA) is 66.8 Å². The third-order valence-corrected chi connectivity index (χ3v) is 4.50. The first kappa shape index (κ1) is 14.6. The summed E-state index contributed by atoms with van der Waals surface area (Å²) in [5.74, 6) is -0.708. The standard InChI is InChI=1S/C16H15NO4S/c18-15(19)10-21-13-3-1-2-12(8-13)16(20)17-6-4-11-5-7-22-14(11)9-17/h1-3,5,7-8H,4,6,9-10H2,(H,18,19). The van der Waals surface area contributed by atoms with Gasteiger partial charge in [-0.15, -0.1) is 11.3 Å². The zero-order valence-corrected chi connectivity index (χ0v) is 12.6. The van der Waals surface area contributed by atoms with Crippen molar-refractivity contribution in [2.24, 2.45) is 0 Å². The first-order valence-corrected chi connectivity index (χ1v) is 7.80. The molecule has 0 saturated carbocycles. The second kappa shape index (κ2) is 6.19. The number of fused-ring (bicyclic) bond motifs is 1. The summed E-state index contributed by atoms with van der Waals surface area (Å²) in [5.41, 5.74) is 1.84. The number of hydrogen-bond donors (Lipinski definition) is 1. The third-order valence-electron chi connectivity index (χ3n) is 3.55. The second-order valence-corrected chi connectivity index (χ2v) is 6.06. The van der Waals surface area contributed by atoms with Crippen molar-refractivity contribution in [3.05, 3.63) is 51.7 Å². The number of amides is 1. The average molecular weight is 317 g/mol. The van der Waals surface area contributed by atoms with E-state index in [9.17, 15) is 9.59 Å². The van der Waals surface area contributed by atoms with Gasteiger partial charge in [-0.3, -0.25) is 4.79 Å². The number of thiophene rings is 1. The van der Waals surface area contributed by atoms with Crippen molar-refractivity contribution in [3.63, 3.8) is 0 Å². The Kier molecular flexibility index (Phi) is 4.11. The van der Waals surface area contributed by atoms with E-state index in [-0.39, 0.29) is 5.91 Å². The molecule has 2 aromatic rings. The minimum absolute atomic E-state index is 0.0557. The molecule has 3 rings (SSSR count). The minimum Gasteiger partial charge on any atom is -0.482 e. The highest BCUT2D eigenvalue weighted by Gasteiger charge is 2.22. The highest BCUT2D eigenvalue weighted by molar-refractivity contribution is 7.10. The zero-order chi connectivity index (χ0) is 15.5. The van der Waals surface area contributed by atoms with E-state index < -0.39 is 12.6 Å². The van der Waals surface area contributed by atoms with E-state index in [0.717, 1.165) is 6.42 Å². The molecule has 0 spiro atoms. The molecule has 1 aliphatic heterocycles. The number of carbonyl (C=O) groups is 2. The molecule has 1 aliphatic rings. The maximum absolute atomic E-state index is 12.6. The van der Waals surface area contributed by atoms with Gasteiger partial charge in [0.2, 0.25) is 0 Å². The lowest BCUT2D eigenvalue weighted by atomic mass is 10.1. The number of ether oxygens (including phenoxy) is 1. The van der Waals surface area contributed by atoms with Crippen LogP contribution in [0.25, 0.3) is 0 Å². The number of aliphatic carboxylic acids is 1. The van der Waals surface area contributed by atoms with Gasteiger partial charge in [0, 0.05) is 17.0 Å². The van der Waals surface area contributed by atoms with Crippen molar-refractivity contribution in [1.29, 1.82) is 0 Å². The van der Waals surface area contributed by atoms with E-state index in [2.05, 4.69) is 11.4 Å². The molecule has 0 radical (unpaired) electrons. The van der Waals surface area contributed by atoms with Crippen LogP contribution in [-0.2, 0) is 17.8 Å². The normalized spacial score (nSPS) is 13.5. The van der Waals surface area contributed by atoms with Gasteiger partial charge in [0.1, 0.15) is 5.75 Å². The van der Waals surface area contributed by atoms with E-state index >= 15 is 0 Å². The summed E-state index contributed by atoms with van der Waals surface area (Å²) in [5, 5.41) is 10.7. The molecule has 0 saturated heterocycles. The van der Waals surface area contributed by atoms with Gasteiger partial charge in [-0.2, -0.15) is 0 Å². The molecule has 0 fully saturated rings. The molecule has 1 amide bonds. The molecule has 2 heterocycles. The summed E-state index contributed by atoms with van der Waals surface area (Å²) < 4.78 is 5.12. The molecule has 114 valence electrons. The number of hydrogen-bond acceptors (Lipinski definition) is 4. The summed E-state index contributed by atoms with van der Waals surface area (Å²) in [6.07, 6.45) is 0.875. The molecule has 0 unspecified atom stereocenters. The van der Waals surface area contributed by atoms with E-state index in [1.807, 2.05) is 4.90 Å². The lowest BCUT2D eigenvalue weighted by molar-refractivity contribution is -0.139. The molecule has 1 aromatic carbocycles. The monoisotopic (exact) mass is 317 g/mol. The van der Waals surface area contributed by atoms with Gasteiger partial charge in [-0.25, -0.2) is 4.79 Å². The first-order valence-electron chi connectivity index (χ1n) is 6.92. The number of rotatable bonds is 4. The molecule has 22 heavy (non-hydrogen) atoms. The number of nitrogens with zero attached hydrogens (tertiary/aromatic N) is 1. The van der Waals surface area contributed by atoms with E-state index in [0.29, 0.717) is 24.4 Å². The lowest BCUT2D eigenvalue weighted by Crippen LogP contribution is -2.35. The number of carboxylic acids is 1. The van der Waals surface area contributed by atoms with Crippen molar-refractivity contribution in [2.45, 2.75) is 13.0 Å². The Balaban J connectivity index is 1.72. The quantitative estimate of drug-likeness (QED) is 0.940. The minimum atomic E-state index is -1.04. The maximum atomic E-state index is 12.6. The molecule has 0 bridgehead atoms. The second-order valence-electron chi connectivity index (χ2n) is 5.06. The van der Waals surface area contributed by atoms with Crippen LogP contribution in [0.3, 0.4) is 0 Å². The van der Waals surface area contributed by atoms with Crippen LogP contribution in [0.4, 0.5) is 0 Å². The maximum Gasteiger partial charge on any atom is 0.341 e. The smallest absolute Gasteiger partial charge is 0.341 e. The molecule has 5 nitrogen and oxygen atoms in total. The fourth-order valence-electron chi connectivity index (χ4n) is 2.46. The van der Waals surface area contributed by atoms with Crippen LogP contribution < -0.4 is 4.74 Å². The summed E-state index contributed by atoms with van der Waals surface area (Å²) >= 11 is 1.67. The van der Waals surface area contributed by atoms with Crippen molar-refractivity contribution >= 4 is 23.2 Å². The van der Waals surface area contributed by atoms with Crippen LogP contribution >= 0.6 is 11.3 Å². The van der Waals surface area contributed by atoms with Crippen LogP contribution in [0.1, 0.15) is 20.8 Å². The van der Waals surface area contributed by atoms with Gasteiger partial charge in [0.05, 0.1) is 6.54 Å². The van der Waals surface area contributed by atoms with Gasteiger partial charge in [0.25, 0.3) is 5.91 Å². The van der Waals surface area contributed by atoms with Crippen LogP contribution in [-0.4, -0.2) is 35.0 Å². The Labute approximate surface area is 131 Å². The van der Waals surface area contributed by atoms with Crippen LogP contribution in [0, 0.1) is 0 Å². The highest BCUT2D eigenvalue weighted by atomic mass is 32.1. The fourth-order valence-corrected chi connectivity index (χ4v) is 3.40. The Morgan fingerprint density at radius 1 is 1.32 bits per heavy atom. The SMILES string of the molecule is O=C(O)COc1cccc(C(=O)N2CCc3ccsc3C2)c1. The predicted molar refractivity (Wildman–Crippen MR) is 82.3 cm³/mol. The summed E-state index contributed by atoms with van der Waals surface area (Å²) in [6, 6.07) is 8.77. The van der Waals surface area contributed by atoms with Gasteiger partial charge < -0.3 is 14.7 Å². The predicted octanol–water partition coefficient (Wildman–Crippen LogP) is 2.41. The Hall–Kier alpha value is -2.34. The van der Waals surface area contributed by atoms with Gasteiger partial charge in [0.15, 0.2) is 6.61 Å². The fraction of sp³-hybridized carbons (Fsp3) is 0.250. The Morgan fingerprint density at radius 2 is 2.18 bits per heavy atom. The Bertz CT molecular complexity index is 710. The van der Waals surface area contributed by atoms with Crippen molar-refractivity contribution in [2.75, 3.05) is 13.2 Å². The number of benzene rings is 1. The van der Waals surface area contributed by atoms with Gasteiger partial charge in [-0.1, -0.05) is 6.07 Å². The van der Waals surface area contributed by atoms with Crippen molar-refractivity contribution < 1.29 is 19.4 Å². The zero-order valence-electron chi connectivity index (χ0n) is 11.8. The molecule has 0 aliphatic carbocycles. The Morgan fingerprint density at radius 3 is 3.00 bits per heavy atom.